The molecule has 1 saturated heterocycles. The van der Waals surface area contributed by atoms with Crippen molar-refractivity contribution >= 4 is 23.2 Å². The van der Waals surface area contributed by atoms with Crippen LogP contribution >= 0.6 is 11.6 Å². The first kappa shape index (κ1) is 16.0. The van der Waals surface area contributed by atoms with Gasteiger partial charge in [-0.3, -0.25) is 4.79 Å². The molecule has 1 amide bonds. The zero-order valence-corrected chi connectivity index (χ0v) is 12.9. The highest BCUT2D eigenvalue weighted by atomic mass is 35.5. The van der Waals surface area contributed by atoms with E-state index in [1.807, 2.05) is 36.9 Å². The Labute approximate surface area is 128 Å². The van der Waals surface area contributed by atoms with Crippen molar-refractivity contribution < 1.29 is 13.6 Å². The zero-order valence-electron chi connectivity index (χ0n) is 12.2. The van der Waals surface area contributed by atoms with Gasteiger partial charge in [-0.15, -0.1) is 11.6 Å². The molecule has 116 valence electrons. The summed E-state index contributed by atoms with van der Waals surface area (Å²) >= 11 is 5.51. The first-order valence-electron chi connectivity index (χ1n) is 6.90. The molecule has 1 heterocycles. The number of hydrogen-bond donors (Lipinski definition) is 0. The van der Waals surface area contributed by atoms with E-state index in [0.29, 0.717) is 6.54 Å². The second kappa shape index (κ2) is 6.60. The van der Waals surface area contributed by atoms with Crippen LogP contribution in [0.1, 0.15) is 11.1 Å². The molecule has 3 nitrogen and oxygen atoms in total. The Bertz CT molecular complexity index is 524. The van der Waals surface area contributed by atoms with E-state index in [-0.39, 0.29) is 19.0 Å². The van der Waals surface area contributed by atoms with Gasteiger partial charge >= 0.3 is 0 Å². The van der Waals surface area contributed by atoms with Gasteiger partial charge in [0.2, 0.25) is 5.91 Å². The normalized spacial score (nSPS) is 19.2. The van der Waals surface area contributed by atoms with Gasteiger partial charge in [-0.2, -0.15) is 0 Å². The van der Waals surface area contributed by atoms with E-state index in [4.69, 9.17) is 11.6 Å². The Morgan fingerprint density at radius 1 is 1.38 bits per heavy atom. The number of alkyl halides is 3. The summed E-state index contributed by atoms with van der Waals surface area (Å²) in [6.45, 7) is 4.92. The minimum absolute atomic E-state index is 0.130. The number of benzene rings is 1. The lowest BCUT2D eigenvalue weighted by molar-refractivity contribution is -0.135. The molecule has 2 rings (SSSR count). The molecule has 1 unspecified atom stereocenters. The molecule has 0 radical (unpaired) electrons. The third-order valence-electron chi connectivity index (χ3n) is 4.06. The Morgan fingerprint density at radius 3 is 2.71 bits per heavy atom. The maximum Gasteiger partial charge on any atom is 0.260 e. The van der Waals surface area contributed by atoms with Crippen LogP contribution in [0.2, 0.25) is 0 Å². The predicted molar refractivity (Wildman–Crippen MR) is 80.4 cm³/mol. The molecule has 1 aromatic carbocycles. The maximum absolute atomic E-state index is 13.3. The van der Waals surface area contributed by atoms with E-state index in [2.05, 4.69) is 0 Å². The van der Waals surface area contributed by atoms with Crippen molar-refractivity contribution in [1.82, 2.24) is 4.90 Å². The number of amides is 1. The molecule has 1 atom stereocenters. The third kappa shape index (κ3) is 3.28. The smallest absolute Gasteiger partial charge is 0.260 e. The van der Waals surface area contributed by atoms with Crippen LogP contribution in [-0.2, 0) is 4.79 Å². The van der Waals surface area contributed by atoms with Crippen molar-refractivity contribution in [2.24, 2.45) is 0 Å². The largest absolute Gasteiger partial charge is 0.367 e. The van der Waals surface area contributed by atoms with Gasteiger partial charge in [0.25, 0.3) is 6.43 Å². The van der Waals surface area contributed by atoms with Gasteiger partial charge in [0, 0.05) is 25.3 Å². The lowest BCUT2D eigenvalue weighted by atomic mass is 10.0. The monoisotopic (exact) mass is 316 g/mol. The van der Waals surface area contributed by atoms with Gasteiger partial charge in [0.15, 0.2) is 0 Å². The number of aryl methyl sites for hydroxylation is 1. The number of hydrogen-bond acceptors (Lipinski definition) is 2. The molecular weight excluding hydrogens is 298 g/mol. The molecule has 1 fully saturated rings. The third-order valence-corrected chi connectivity index (χ3v) is 4.29. The van der Waals surface area contributed by atoms with Crippen LogP contribution in [0.4, 0.5) is 14.5 Å². The van der Waals surface area contributed by atoms with Gasteiger partial charge in [-0.25, -0.2) is 8.78 Å². The van der Waals surface area contributed by atoms with E-state index < -0.39 is 18.4 Å². The standard InChI is InChI=1S/C15H19ClF2N2O/c1-10-4-3-5-12(11(10)2)19-6-7-20(14(21)8-16)13(9-19)15(17)18/h3-5,13,15H,6-9H2,1-2H3. The molecule has 0 N–H and O–H groups in total. The molecule has 6 heteroatoms. The van der Waals surface area contributed by atoms with Crippen LogP contribution in [0, 0.1) is 13.8 Å². The molecule has 0 aliphatic carbocycles. The lowest BCUT2D eigenvalue weighted by Crippen LogP contribution is -2.58. The van der Waals surface area contributed by atoms with E-state index in [0.717, 1.165) is 16.8 Å². The molecule has 1 aliphatic heterocycles. The van der Waals surface area contributed by atoms with Crippen molar-refractivity contribution in [1.29, 1.82) is 0 Å². The van der Waals surface area contributed by atoms with Gasteiger partial charge in [0.05, 0.1) is 0 Å². The highest BCUT2D eigenvalue weighted by Gasteiger charge is 2.36. The van der Waals surface area contributed by atoms with E-state index in [1.165, 1.54) is 4.90 Å². The molecular formula is C15H19ClF2N2O. The first-order valence-corrected chi connectivity index (χ1v) is 7.44. The van der Waals surface area contributed by atoms with Crippen LogP contribution in [0.5, 0.6) is 0 Å². The fourth-order valence-corrected chi connectivity index (χ4v) is 2.86. The molecule has 0 aromatic heterocycles. The molecule has 1 aliphatic rings. The summed E-state index contributed by atoms with van der Waals surface area (Å²) in [4.78, 5) is 14.8. The van der Waals surface area contributed by atoms with E-state index in [1.54, 1.807) is 0 Å². The molecule has 21 heavy (non-hydrogen) atoms. The Balaban J connectivity index is 2.23. The minimum Gasteiger partial charge on any atom is -0.367 e. The SMILES string of the molecule is Cc1cccc(N2CCN(C(=O)CCl)C(C(F)F)C2)c1C. The number of piperazine rings is 1. The lowest BCUT2D eigenvalue weighted by Gasteiger charge is -2.42. The van der Waals surface area contributed by atoms with E-state index in [9.17, 15) is 13.6 Å². The van der Waals surface area contributed by atoms with Crippen LogP contribution in [-0.4, -0.2) is 48.8 Å². The summed E-state index contributed by atoms with van der Waals surface area (Å²) in [5, 5.41) is 0. The Hall–Kier alpha value is -1.36. The number of carbonyl (C=O) groups excluding carboxylic acids is 1. The zero-order chi connectivity index (χ0) is 15.6. The van der Waals surface area contributed by atoms with Crippen molar-refractivity contribution in [3.8, 4) is 0 Å². The van der Waals surface area contributed by atoms with Gasteiger partial charge < -0.3 is 9.80 Å². The first-order chi connectivity index (χ1) is 9.95. The Kier molecular flexibility index (Phi) is 5.04. The van der Waals surface area contributed by atoms with Crippen molar-refractivity contribution in [2.45, 2.75) is 26.3 Å². The predicted octanol–water partition coefficient (Wildman–Crippen LogP) is 2.82. The summed E-state index contributed by atoms with van der Waals surface area (Å²) in [6.07, 6.45) is -2.58. The molecule has 0 spiro atoms. The van der Waals surface area contributed by atoms with Crippen LogP contribution in [0.15, 0.2) is 18.2 Å². The summed E-state index contributed by atoms with van der Waals surface area (Å²) < 4.78 is 26.5. The minimum atomic E-state index is -2.58. The second-order valence-electron chi connectivity index (χ2n) is 5.29. The molecule has 0 bridgehead atoms. The quantitative estimate of drug-likeness (QED) is 0.801. The van der Waals surface area contributed by atoms with Crippen LogP contribution in [0.25, 0.3) is 0 Å². The highest BCUT2D eigenvalue weighted by molar-refractivity contribution is 6.27. The maximum atomic E-state index is 13.3. The summed E-state index contributed by atoms with van der Waals surface area (Å²) in [5.41, 5.74) is 3.17. The summed E-state index contributed by atoms with van der Waals surface area (Å²) in [7, 11) is 0. The topological polar surface area (TPSA) is 23.6 Å². The average Bonchev–Trinajstić information content (AvgIpc) is 2.48. The van der Waals surface area contributed by atoms with Gasteiger partial charge in [-0.05, 0) is 31.0 Å². The van der Waals surface area contributed by atoms with Crippen molar-refractivity contribution in [3.63, 3.8) is 0 Å². The fourth-order valence-electron chi connectivity index (χ4n) is 2.71. The van der Waals surface area contributed by atoms with Crippen molar-refractivity contribution in [2.75, 3.05) is 30.4 Å². The molecule has 0 saturated carbocycles. The second-order valence-corrected chi connectivity index (χ2v) is 5.55. The summed E-state index contributed by atoms with van der Waals surface area (Å²) in [5.74, 6) is -0.685. The number of halogens is 3. The van der Waals surface area contributed by atoms with Crippen LogP contribution in [0.3, 0.4) is 0 Å². The van der Waals surface area contributed by atoms with Gasteiger partial charge in [-0.1, -0.05) is 12.1 Å². The van der Waals surface area contributed by atoms with Gasteiger partial charge in [0.1, 0.15) is 11.9 Å². The Morgan fingerprint density at radius 2 is 2.10 bits per heavy atom. The average molecular weight is 317 g/mol. The van der Waals surface area contributed by atoms with Crippen LogP contribution < -0.4 is 4.90 Å². The highest BCUT2D eigenvalue weighted by Crippen LogP contribution is 2.27. The van der Waals surface area contributed by atoms with Crippen molar-refractivity contribution in [3.05, 3.63) is 29.3 Å². The number of rotatable bonds is 3. The summed E-state index contributed by atoms with van der Waals surface area (Å²) in [6, 6.07) is 4.75. The fraction of sp³-hybridized carbons (Fsp3) is 0.533. The number of carbonyl (C=O) groups is 1. The van der Waals surface area contributed by atoms with E-state index >= 15 is 0 Å². The number of anilines is 1. The number of nitrogens with zero attached hydrogens (tertiary/aromatic N) is 2. The molecule has 1 aromatic rings.